The second kappa shape index (κ2) is 8.58. The van der Waals surface area contributed by atoms with Gasteiger partial charge in [0.2, 0.25) is 0 Å². The van der Waals surface area contributed by atoms with Crippen molar-refractivity contribution in [1.29, 1.82) is 5.26 Å². The summed E-state index contributed by atoms with van der Waals surface area (Å²) >= 11 is 5.86. The number of ether oxygens (including phenoxy) is 1. The van der Waals surface area contributed by atoms with E-state index in [1.807, 2.05) is 6.07 Å². The van der Waals surface area contributed by atoms with Crippen molar-refractivity contribution < 1.29 is 13.9 Å². The van der Waals surface area contributed by atoms with Crippen LogP contribution in [0.25, 0.3) is 10.9 Å². The standard InChI is InChI=1S/C22H17ClFN5O2/c1-31-20-9-18-15(8-19(20)29-22(30)13(10-25)6-12-2-3-12)21(27-11-26-18)28-14-4-5-17(24)16(23)7-14/h4-9,11-12H,2-3H2,1H3,(H,29,30)(H,26,27,28). The summed E-state index contributed by atoms with van der Waals surface area (Å²) in [5.41, 5.74) is 1.53. The Hall–Kier alpha value is -3.70. The molecule has 1 amide bonds. The lowest BCUT2D eigenvalue weighted by Gasteiger charge is -2.14. The number of nitrogens with one attached hydrogen (secondary N) is 2. The summed E-state index contributed by atoms with van der Waals surface area (Å²) in [5.74, 6) is 0.0651. The molecule has 0 spiro atoms. The predicted molar refractivity (Wildman–Crippen MR) is 116 cm³/mol. The molecule has 0 saturated heterocycles. The van der Waals surface area contributed by atoms with Gasteiger partial charge in [-0.3, -0.25) is 4.79 Å². The zero-order valence-electron chi connectivity index (χ0n) is 16.4. The van der Waals surface area contributed by atoms with Crippen molar-refractivity contribution in [3.63, 3.8) is 0 Å². The van der Waals surface area contributed by atoms with Gasteiger partial charge in [0.1, 0.15) is 35.4 Å². The fourth-order valence-corrected chi connectivity index (χ4v) is 3.19. The molecule has 1 aromatic heterocycles. The quantitative estimate of drug-likeness (QED) is 0.417. The first-order valence-electron chi connectivity index (χ1n) is 9.46. The van der Waals surface area contributed by atoms with Gasteiger partial charge in [0.25, 0.3) is 5.91 Å². The van der Waals surface area contributed by atoms with Crippen molar-refractivity contribution in [1.82, 2.24) is 9.97 Å². The highest BCUT2D eigenvalue weighted by molar-refractivity contribution is 6.31. The molecule has 1 aliphatic carbocycles. The average molecular weight is 438 g/mol. The minimum atomic E-state index is -0.526. The van der Waals surface area contributed by atoms with Crippen molar-refractivity contribution in [3.8, 4) is 11.8 Å². The fourth-order valence-electron chi connectivity index (χ4n) is 3.01. The number of aromatic nitrogens is 2. The van der Waals surface area contributed by atoms with Crippen LogP contribution in [-0.2, 0) is 4.79 Å². The van der Waals surface area contributed by atoms with E-state index in [1.165, 1.54) is 31.6 Å². The second-order valence-electron chi connectivity index (χ2n) is 7.03. The number of hydrogen-bond donors (Lipinski definition) is 2. The number of hydrogen-bond acceptors (Lipinski definition) is 6. The third kappa shape index (κ3) is 4.57. The summed E-state index contributed by atoms with van der Waals surface area (Å²) in [4.78, 5) is 21.1. The maximum absolute atomic E-state index is 13.5. The number of halogens is 2. The molecule has 0 aliphatic heterocycles. The number of anilines is 3. The molecule has 0 atom stereocenters. The smallest absolute Gasteiger partial charge is 0.266 e. The van der Waals surface area contributed by atoms with Gasteiger partial charge in [-0.25, -0.2) is 14.4 Å². The van der Waals surface area contributed by atoms with Crippen LogP contribution in [-0.4, -0.2) is 23.0 Å². The van der Waals surface area contributed by atoms with E-state index in [1.54, 1.807) is 18.2 Å². The lowest BCUT2D eigenvalue weighted by molar-refractivity contribution is -0.112. The Labute approximate surface area is 182 Å². The third-order valence-corrected chi connectivity index (χ3v) is 5.07. The van der Waals surface area contributed by atoms with Gasteiger partial charge < -0.3 is 15.4 Å². The Morgan fingerprint density at radius 2 is 2.13 bits per heavy atom. The lowest BCUT2D eigenvalue weighted by Crippen LogP contribution is -2.14. The Balaban J connectivity index is 1.70. The summed E-state index contributed by atoms with van der Waals surface area (Å²) in [7, 11) is 1.48. The normalized spacial score (nSPS) is 13.5. The van der Waals surface area contributed by atoms with Gasteiger partial charge in [0, 0.05) is 17.1 Å². The zero-order chi connectivity index (χ0) is 22.0. The first kappa shape index (κ1) is 20.6. The molecule has 7 nitrogen and oxygen atoms in total. The molecule has 2 aromatic carbocycles. The monoisotopic (exact) mass is 437 g/mol. The molecule has 3 aromatic rings. The Bertz CT molecular complexity index is 1250. The number of allylic oxidation sites excluding steroid dienone is 1. The largest absolute Gasteiger partial charge is 0.494 e. The molecule has 0 unspecified atom stereocenters. The number of benzene rings is 2. The maximum Gasteiger partial charge on any atom is 0.266 e. The highest BCUT2D eigenvalue weighted by Gasteiger charge is 2.22. The van der Waals surface area contributed by atoms with Crippen LogP contribution in [0.15, 0.2) is 48.3 Å². The Kier molecular flexibility index (Phi) is 5.69. The molecule has 31 heavy (non-hydrogen) atoms. The number of rotatable bonds is 6. The molecule has 4 rings (SSSR count). The number of fused-ring (bicyclic) bond motifs is 1. The summed E-state index contributed by atoms with van der Waals surface area (Å²) < 4.78 is 18.8. The Morgan fingerprint density at radius 3 is 2.81 bits per heavy atom. The van der Waals surface area contributed by atoms with Crippen LogP contribution >= 0.6 is 11.6 Å². The maximum atomic E-state index is 13.5. The number of methoxy groups -OCH3 is 1. The molecule has 0 bridgehead atoms. The number of nitrogens with zero attached hydrogens (tertiary/aromatic N) is 3. The molecule has 0 radical (unpaired) electrons. The van der Waals surface area contributed by atoms with Crippen LogP contribution < -0.4 is 15.4 Å². The van der Waals surface area contributed by atoms with Crippen LogP contribution in [0.2, 0.25) is 5.02 Å². The summed E-state index contributed by atoms with van der Waals surface area (Å²) in [6.45, 7) is 0. The van der Waals surface area contributed by atoms with Crippen LogP contribution in [0.3, 0.4) is 0 Å². The van der Waals surface area contributed by atoms with Gasteiger partial charge in [-0.05, 0) is 43.0 Å². The molecule has 1 fully saturated rings. The van der Waals surface area contributed by atoms with Crippen LogP contribution in [0.1, 0.15) is 12.8 Å². The van der Waals surface area contributed by atoms with E-state index in [0.29, 0.717) is 33.8 Å². The van der Waals surface area contributed by atoms with Crippen molar-refractivity contribution >= 4 is 45.6 Å². The highest BCUT2D eigenvalue weighted by atomic mass is 35.5. The van der Waals surface area contributed by atoms with E-state index in [4.69, 9.17) is 16.3 Å². The van der Waals surface area contributed by atoms with Gasteiger partial charge in [-0.1, -0.05) is 17.7 Å². The van der Waals surface area contributed by atoms with Crippen LogP contribution in [0, 0.1) is 23.1 Å². The molecule has 1 aliphatic rings. The van der Waals surface area contributed by atoms with E-state index in [9.17, 15) is 14.4 Å². The van der Waals surface area contributed by atoms with Crippen LogP contribution in [0.5, 0.6) is 5.75 Å². The molecule has 2 N–H and O–H groups in total. The van der Waals surface area contributed by atoms with Gasteiger partial charge in [-0.2, -0.15) is 5.26 Å². The van der Waals surface area contributed by atoms with E-state index in [-0.39, 0.29) is 16.5 Å². The van der Waals surface area contributed by atoms with Gasteiger partial charge in [0.15, 0.2) is 0 Å². The van der Waals surface area contributed by atoms with Crippen molar-refractivity contribution in [2.24, 2.45) is 5.92 Å². The number of carbonyl (C=O) groups excluding carboxylic acids is 1. The van der Waals surface area contributed by atoms with E-state index < -0.39 is 11.7 Å². The molecule has 1 heterocycles. The van der Waals surface area contributed by atoms with E-state index in [2.05, 4.69) is 20.6 Å². The third-order valence-electron chi connectivity index (χ3n) is 4.78. The van der Waals surface area contributed by atoms with Crippen molar-refractivity contribution in [2.75, 3.05) is 17.7 Å². The topological polar surface area (TPSA) is 99.9 Å². The molecule has 1 saturated carbocycles. The first-order valence-corrected chi connectivity index (χ1v) is 9.84. The fraction of sp³-hybridized carbons (Fsp3) is 0.182. The average Bonchev–Trinajstić information content (AvgIpc) is 3.58. The molecular weight excluding hydrogens is 421 g/mol. The minimum absolute atomic E-state index is 0.0236. The van der Waals surface area contributed by atoms with E-state index in [0.717, 1.165) is 12.8 Å². The lowest BCUT2D eigenvalue weighted by atomic mass is 10.1. The van der Waals surface area contributed by atoms with Crippen molar-refractivity contribution in [3.05, 3.63) is 59.1 Å². The molecule has 9 heteroatoms. The molecular formula is C22H17ClFN5O2. The first-order chi connectivity index (χ1) is 15.0. The van der Waals surface area contributed by atoms with Gasteiger partial charge in [0.05, 0.1) is 23.3 Å². The summed E-state index contributed by atoms with van der Waals surface area (Å²) in [6.07, 6.45) is 5.03. The van der Waals surface area contributed by atoms with Crippen molar-refractivity contribution in [2.45, 2.75) is 12.8 Å². The SMILES string of the molecule is COc1cc2ncnc(Nc3ccc(F)c(Cl)c3)c2cc1NC(=O)C(C#N)=CC1CC1. The predicted octanol–water partition coefficient (Wildman–Crippen LogP) is 4.97. The summed E-state index contributed by atoms with van der Waals surface area (Å²) in [6, 6.07) is 9.49. The Morgan fingerprint density at radius 1 is 1.32 bits per heavy atom. The number of carbonyl (C=O) groups is 1. The second-order valence-corrected chi connectivity index (χ2v) is 7.44. The zero-order valence-corrected chi connectivity index (χ0v) is 17.2. The van der Waals surface area contributed by atoms with E-state index >= 15 is 0 Å². The van der Waals surface area contributed by atoms with Gasteiger partial charge in [-0.15, -0.1) is 0 Å². The van der Waals surface area contributed by atoms with Gasteiger partial charge >= 0.3 is 0 Å². The number of nitriles is 1. The highest BCUT2D eigenvalue weighted by Crippen LogP contribution is 2.35. The van der Waals surface area contributed by atoms with Crippen LogP contribution in [0.4, 0.5) is 21.6 Å². The summed E-state index contributed by atoms with van der Waals surface area (Å²) in [5, 5.41) is 15.7. The number of amides is 1. The minimum Gasteiger partial charge on any atom is -0.494 e. The molecule has 156 valence electrons.